The van der Waals surface area contributed by atoms with Gasteiger partial charge in [-0.05, 0) is 44.9 Å². The monoisotopic (exact) mass is 296 g/mol. The fourth-order valence-corrected chi connectivity index (χ4v) is 3.08. The second-order valence-corrected chi connectivity index (χ2v) is 6.81. The second-order valence-electron chi connectivity index (χ2n) is 6.81. The second kappa shape index (κ2) is 8.40. The number of carbonyl (C=O) groups excluding carboxylic acids is 2. The van der Waals surface area contributed by atoms with Gasteiger partial charge in [0.25, 0.3) is 0 Å². The average Bonchev–Trinajstić information content (AvgIpc) is 2.85. The summed E-state index contributed by atoms with van der Waals surface area (Å²) < 4.78 is 0. The van der Waals surface area contributed by atoms with Crippen LogP contribution in [0.15, 0.2) is 0 Å². The molecule has 1 aliphatic rings. The number of amides is 2. The number of hydrogen-bond acceptors (Lipinski definition) is 2. The Hall–Kier alpha value is -1.06. The van der Waals surface area contributed by atoms with Crippen LogP contribution >= 0.6 is 0 Å². The lowest BCUT2D eigenvalue weighted by Crippen LogP contribution is -2.39. The van der Waals surface area contributed by atoms with Crippen LogP contribution in [0.1, 0.15) is 79.1 Å². The molecule has 0 bridgehead atoms. The van der Waals surface area contributed by atoms with Crippen LogP contribution in [-0.4, -0.2) is 23.9 Å². The molecule has 1 saturated carbocycles. The summed E-state index contributed by atoms with van der Waals surface area (Å²) in [6, 6.07) is 0.426. The van der Waals surface area contributed by atoms with Gasteiger partial charge in [-0.2, -0.15) is 0 Å². The van der Waals surface area contributed by atoms with Crippen molar-refractivity contribution in [3.63, 3.8) is 0 Å². The lowest BCUT2D eigenvalue weighted by atomic mass is 9.78. The van der Waals surface area contributed by atoms with E-state index in [4.69, 9.17) is 0 Å². The third-order valence-electron chi connectivity index (χ3n) is 4.77. The molecule has 4 heteroatoms. The van der Waals surface area contributed by atoms with E-state index < -0.39 is 0 Å². The zero-order valence-electron chi connectivity index (χ0n) is 14.1. The summed E-state index contributed by atoms with van der Waals surface area (Å²) in [5.74, 6) is 0.199. The highest BCUT2D eigenvalue weighted by atomic mass is 16.2. The van der Waals surface area contributed by atoms with E-state index in [1.807, 2.05) is 13.8 Å². The van der Waals surface area contributed by atoms with Gasteiger partial charge in [0, 0.05) is 24.9 Å². The molecule has 0 heterocycles. The van der Waals surface area contributed by atoms with Crippen LogP contribution < -0.4 is 10.6 Å². The Labute approximate surface area is 129 Å². The quantitative estimate of drug-likeness (QED) is 0.723. The minimum absolute atomic E-state index is 0.0996. The van der Waals surface area contributed by atoms with Crippen molar-refractivity contribution in [1.29, 1.82) is 0 Å². The first-order chi connectivity index (χ1) is 9.90. The molecule has 2 N–H and O–H groups in total. The summed E-state index contributed by atoms with van der Waals surface area (Å²) in [6.07, 6.45) is 7.11. The summed E-state index contributed by atoms with van der Waals surface area (Å²) >= 11 is 0. The number of hydrogen-bond donors (Lipinski definition) is 2. The van der Waals surface area contributed by atoms with E-state index in [2.05, 4.69) is 24.5 Å². The van der Waals surface area contributed by atoms with Crippen LogP contribution in [0.5, 0.6) is 0 Å². The van der Waals surface area contributed by atoms with Gasteiger partial charge in [-0.3, -0.25) is 9.59 Å². The summed E-state index contributed by atoms with van der Waals surface area (Å²) in [5, 5.41) is 6.07. The normalized spacial score (nSPS) is 19.8. The summed E-state index contributed by atoms with van der Waals surface area (Å²) in [7, 11) is 0. The topological polar surface area (TPSA) is 58.2 Å². The SMILES string of the molecule is CCC(C)NC(=O)CC1(CC(=O)NC(C)CC)CCCC1. The standard InChI is InChI=1S/C17H32N2O2/c1-5-13(3)18-15(20)11-17(9-7-8-10-17)12-16(21)19-14(4)6-2/h13-14H,5-12H2,1-4H3,(H,18,20)(H,19,21). The predicted molar refractivity (Wildman–Crippen MR) is 85.9 cm³/mol. The van der Waals surface area contributed by atoms with Crippen molar-refractivity contribution in [2.24, 2.45) is 5.41 Å². The first kappa shape index (κ1) is 18.0. The van der Waals surface area contributed by atoms with Crippen molar-refractivity contribution < 1.29 is 9.59 Å². The van der Waals surface area contributed by atoms with Gasteiger partial charge >= 0.3 is 0 Å². The molecule has 21 heavy (non-hydrogen) atoms. The molecule has 1 fully saturated rings. The van der Waals surface area contributed by atoms with Gasteiger partial charge < -0.3 is 10.6 Å². The summed E-state index contributed by atoms with van der Waals surface area (Å²) in [6.45, 7) is 8.18. The minimum atomic E-state index is -0.116. The molecule has 0 aromatic rings. The van der Waals surface area contributed by atoms with Gasteiger partial charge in [-0.25, -0.2) is 0 Å². The fraction of sp³-hybridized carbons (Fsp3) is 0.882. The van der Waals surface area contributed by atoms with E-state index in [1.165, 1.54) is 0 Å². The van der Waals surface area contributed by atoms with Crippen molar-refractivity contribution >= 4 is 11.8 Å². The molecular formula is C17H32N2O2. The Morgan fingerprint density at radius 1 is 0.905 bits per heavy atom. The Balaban J connectivity index is 2.58. The van der Waals surface area contributed by atoms with Crippen LogP contribution in [0.4, 0.5) is 0 Å². The lowest BCUT2D eigenvalue weighted by molar-refractivity contribution is -0.127. The van der Waals surface area contributed by atoms with E-state index in [-0.39, 0.29) is 29.3 Å². The molecule has 2 atom stereocenters. The summed E-state index contributed by atoms with van der Waals surface area (Å²) in [4.78, 5) is 24.4. The highest BCUT2D eigenvalue weighted by Gasteiger charge is 2.38. The van der Waals surface area contributed by atoms with E-state index in [0.29, 0.717) is 12.8 Å². The molecule has 1 aliphatic carbocycles. The van der Waals surface area contributed by atoms with E-state index >= 15 is 0 Å². The van der Waals surface area contributed by atoms with E-state index in [1.54, 1.807) is 0 Å². The zero-order valence-corrected chi connectivity index (χ0v) is 14.1. The van der Waals surface area contributed by atoms with Crippen molar-refractivity contribution in [2.75, 3.05) is 0 Å². The number of carbonyl (C=O) groups is 2. The first-order valence-corrected chi connectivity index (χ1v) is 8.49. The smallest absolute Gasteiger partial charge is 0.220 e. The van der Waals surface area contributed by atoms with Gasteiger partial charge in [-0.1, -0.05) is 26.7 Å². The van der Waals surface area contributed by atoms with E-state index in [0.717, 1.165) is 38.5 Å². The molecule has 0 saturated heterocycles. The number of rotatable bonds is 8. The Morgan fingerprint density at radius 2 is 1.29 bits per heavy atom. The van der Waals surface area contributed by atoms with Gasteiger partial charge in [0.1, 0.15) is 0 Å². The van der Waals surface area contributed by atoms with Crippen LogP contribution in [0.3, 0.4) is 0 Å². The predicted octanol–water partition coefficient (Wildman–Crippen LogP) is 3.16. The highest BCUT2D eigenvalue weighted by molar-refractivity contribution is 5.80. The van der Waals surface area contributed by atoms with Gasteiger partial charge in [0.2, 0.25) is 11.8 Å². The third kappa shape index (κ3) is 6.06. The molecule has 0 aliphatic heterocycles. The molecule has 2 unspecified atom stereocenters. The molecular weight excluding hydrogens is 264 g/mol. The Morgan fingerprint density at radius 3 is 1.62 bits per heavy atom. The van der Waals surface area contributed by atoms with Crippen LogP contribution in [0.2, 0.25) is 0 Å². The third-order valence-corrected chi connectivity index (χ3v) is 4.77. The maximum atomic E-state index is 12.2. The molecule has 122 valence electrons. The van der Waals surface area contributed by atoms with Crippen molar-refractivity contribution in [1.82, 2.24) is 10.6 Å². The lowest BCUT2D eigenvalue weighted by Gasteiger charge is -2.29. The highest BCUT2D eigenvalue weighted by Crippen LogP contribution is 2.44. The maximum Gasteiger partial charge on any atom is 0.220 e. The summed E-state index contributed by atoms with van der Waals surface area (Å²) in [5.41, 5.74) is -0.116. The fourth-order valence-electron chi connectivity index (χ4n) is 3.08. The van der Waals surface area contributed by atoms with Crippen LogP contribution in [0, 0.1) is 5.41 Å². The molecule has 0 aromatic heterocycles. The molecule has 0 aromatic carbocycles. The molecule has 1 rings (SSSR count). The van der Waals surface area contributed by atoms with Gasteiger partial charge in [0.05, 0.1) is 0 Å². The average molecular weight is 296 g/mol. The Kier molecular flexibility index (Phi) is 7.20. The first-order valence-electron chi connectivity index (χ1n) is 8.49. The van der Waals surface area contributed by atoms with Gasteiger partial charge in [-0.15, -0.1) is 0 Å². The van der Waals surface area contributed by atoms with Crippen molar-refractivity contribution in [3.05, 3.63) is 0 Å². The maximum absolute atomic E-state index is 12.2. The minimum Gasteiger partial charge on any atom is -0.354 e. The van der Waals surface area contributed by atoms with E-state index in [9.17, 15) is 9.59 Å². The number of nitrogens with one attached hydrogen (secondary N) is 2. The molecule has 0 radical (unpaired) electrons. The van der Waals surface area contributed by atoms with Gasteiger partial charge in [0.15, 0.2) is 0 Å². The molecule has 4 nitrogen and oxygen atoms in total. The molecule has 0 spiro atoms. The van der Waals surface area contributed by atoms with Crippen molar-refractivity contribution in [3.8, 4) is 0 Å². The zero-order chi connectivity index (χ0) is 15.9. The van der Waals surface area contributed by atoms with Crippen molar-refractivity contribution in [2.45, 2.75) is 91.1 Å². The Bertz CT molecular complexity index is 321. The largest absolute Gasteiger partial charge is 0.354 e. The molecule has 2 amide bonds. The van der Waals surface area contributed by atoms with Crippen LogP contribution in [0.25, 0.3) is 0 Å². The van der Waals surface area contributed by atoms with Crippen LogP contribution in [-0.2, 0) is 9.59 Å².